The highest BCUT2D eigenvalue weighted by Gasteiger charge is 2.59. The molecule has 1 amide bonds. The van der Waals surface area contributed by atoms with E-state index in [1.54, 1.807) is 0 Å². The minimum atomic E-state index is -5.03. The third-order valence-electron chi connectivity index (χ3n) is 5.22. The summed E-state index contributed by atoms with van der Waals surface area (Å²) in [6.07, 6.45) is -5.03. The standard InChI is InChI=1S/C20H19ClF3NO4/c1-11(14-6-5-13(28-3)9-15(14)21)19(27,20(22,23)24)12-4-7-17-16(8-12)25(2)18(26)10-29-17/h4-9,11,27H,10H2,1-3H3. The Kier molecular flexibility index (Phi) is 5.44. The van der Waals surface area contributed by atoms with E-state index in [0.717, 1.165) is 12.1 Å². The summed E-state index contributed by atoms with van der Waals surface area (Å²) < 4.78 is 52.8. The predicted molar refractivity (Wildman–Crippen MR) is 102 cm³/mol. The molecule has 9 heteroatoms. The monoisotopic (exact) mass is 429 g/mol. The van der Waals surface area contributed by atoms with Gasteiger partial charge in [-0.05, 0) is 35.4 Å². The normalized spacial score (nSPS) is 17.2. The summed E-state index contributed by atoms with van der Waals surface area (Å²) in [5.74, 6) is -1.22. The second-order valence-electron chi connectivity index (χ2n) is 6.80. The topological polar surface area (TPSA) is 59.0 Å². The van der Waals surface area contributed by atoms with Crippen molar-refractivity contribution in [2.75, 3.05) is 25.7 Å². The van der Waals surface area contributed by atoms with Gasteiger partial charge in [-0.1, -0.05) is 30.7 Å². The van der Waals surface area contributed by atoms with E-state index in [-0.39, 0.29) is 28.6 Å². The maximum atomic E-state index is 14.2. The number of nitrogens with zero attached hydrogens (tertiary/aromatic N) is 1. The van der Waals surface area contributed by atoms with Crippen LogP contribution in [0, 0.1) is 0 Å². The van der Waals surface area contributed by atoms with Gasteiger partial charge in [0.15, 0.2) is 12.2 Å². The molecule has 29 heavy (non-hydrogen) atoms. The van der Waals surface area contributed by atoms with Crippen LogP contribution in [-0.2, 0) is 10.4 Å². The number of amides is 1. The average Bonchev–Trinajstić information content (AvgIpc) is 2.68. The van der Waals surface area contributed by atoms with Crippen LogP contribution in [0.5, 0.6) is 11.5 Å². The molecule has 0 radical (unpaired) electrons. The van der Waals surface area contributed by atoms with Crippen molar-refractivity contribution >= 4 is 23.2 Å². The fourth-order valence-corrected chi connectivity index (χ4v) is 3.71. The molecule has 2 unspecified atom stereocenters. The fourth-order valence-electron chi connectivity index (χ4n) is 3.38. The number of benzene rings is 2. The number of ether oxygens (including phenoxy) is 2. The largest absolute Gasteiger partial charge is 0.497 e. The van der Waals surface area contributed by atoms with Crippen molar-refractivity contribution in [1.29, 1.82) is 0 Å². The van der Waals surface area contributed by atoms with Crippen molar-refractivity contribution in [3.63, 3.8) is 0 Å². The van der Waals surface area contributed by atoms with Gasteiger partial charge in [0.1, 0.15) is 11.5 Å². The second-order valence-corrected chi connectivity index (χ2v) is 7.20. The number of alkyl halides is 3. The minimum Gasteiger partial charge on any atom is -0.497 e. The highest BCUT2D eigenvalue weighted by atomic mass is 35.5. The highest BCUT2D eigenvalue weighted by molar-refractivity contribution is 6.31. The maximum absolute atomic E-state index is 14.2. The van der Waals surface area contributed by atoms with Crippen molar-refractivity contribution in [1.82, 2.24) is 0 Å². The second kappa shape index (κ2) is 7.42. The average molecular weight is 430 g/mol. The van der Waals surface area contributed by atoms with Crippen molar-refractivity contribution in [3.8, 4) is 11.5 Å². The lowest BCUT2D eigenvalue weighted by Crippen LogP contribution is -2.47. The van der Waals surface area contributed by atoms with Crippen molar-refractivity contribution < 1.29 is 32.5 Å². The number of anilines is 1. The molecular weight excluding hydrogens is 411 g/mol. The van der Waals surface area contributed by atoms with E-state index in [1.165, 1.54) is 50.2 Å². The highest BCUT2D eigenvalue weighted by Crippen LogP contribution is 2.51. The molecule has 0 fully saturated rings. The molecule has 3 rings (SSSR count). The first-order chi connectivity index (χ1) is 13.5. The van der Waals surface area contributed by atoms with Crippen molar-refractivity contribution in [3.05, 3.63) is 52.5 Å². The van der Waals surface area contributed by atoms with Gasteiger partial charge >= 0.3 is 6.18 Å². The Labute approximate surface area is 170 Å². The van der Waals surface area contributed by atoms with E-state index >= 15 is 0 Å². The minimum absolute atomic E-state index is 0.0353. The Morgan fingerprint density at radius 1 is 1.24 bits per heavy atom. The van der Waals surface area contributed by atoms with Gasteiger partial charge in [-0.2, -0.15) is 13.2 Å². The van der Waals surface area contributed by atoms with E-state index in [9.17, 15) is 23.1 Å². The quantitative estimate of drug-likeness (QED) is 0.789. The van der Waals surface area contributed by atoms with Gasteiger partial charge in [-0.25, -0.2) is 0 Å². The van der Waals surface area contributed by atoms with E-state index in [0.29, 0.717) is 5.75 Å². The molecule has 2 aromatic carbocycles. The number of methoxy groups -OCH3 is 1. The van der Waals surface area contributed by atoms with Crippen molar-refractivity contribution in [2.45, 2.75) is 24.6 Å². The zero-order valence-electron chi connectivity index (χ0n) is 15.9. The van der Waals surface area contributed by atoms with E-state index in [2.05, 4.69) is 0 Å². The van der Waals surface area contributed by atoms with Crippen LogP contribution in [0.25, 0.3) is 0 Å². The van der Waals surface area contributed by atoms with Crippen LogP contribution in [0.3, 0.4) is 0 Å². The van der Waals surface area contributed by atoms with Gasteiger partial charge in [-0.15, -0.1) is 0 Å². The molecular formula is C20H19ClF3NO4. The maximum Gasteiger partial charge on any atom is 0.422 e. The third kappa shape index (κ3) is 3.51. The zero-order chi connectivity index (χ0) is 21.6. The molecule has 0 aliphatic carbocycles. The Hall–Kier alpha value is -2.45. The number of fused-ring (bicyclic) bond motifs is 1. The lowest BCUT2D eigenvalue weighted by molar-refractivity contribution is -0.274. The molecule has 1 aliphatic rings. The van der Waals surface area contributed by atoms with Crippen LogP contribution in [0.1, 0.15) is 24.0 Å². The van der Waals surface area contributed by atoms with Crippen LogP contribution in [0.4, 0.5) is 18.9 Å². The Morgan fingerprint density at radius 3 is 2.52 bits per heavy atom. The molecule has 156 valence electrons. The first-order valence-corrected chi connectivity index (χ1v) is 9.05. The molecule has 2 atom stereocenters. The van der Waals surface area contributed by atoms with Crippen LogP contribution in [-0.4, -0.2) is 38.0 Å². The SMILES string of the molecule is COc1ccc(C(C)C(O)(c2ccc3c(c2)N(C)C(=O)CO3)C(F)(F)F)c(Cl)c1. The van der Waals surface area contributed by atoms with Gasteiger partial charge in [0.05, 0.1) is 12.8 Å². The number of hydrogen-bond acceptors (Lipinski definition) is 4. The summed E-state index contributed by atoms with van der Waals surface area (Å²) in [6, 6.07) is 7.82. The summed E-state index contributed by atoms with van der Waals surface area (Å²) in [5, 5.41) is 11.0. The molecule has 0 saturated heterocycles. The first kappa shape index (κ1) is 21.3. The predicted octanol–water partition coefficient (Wildman–Crippen LogP) is 4.26. The van der Waals surface area contributed by atoms with Gasteiger partial charge in [-0.3, -0.25) is 4.79 Å². The molecule has 5 nitrogen and oxygen atoms in total. The van der Waals surface area contributed by atoms with Crippen LogP contribution in [0.2, 0.25) is 5.02 Å². The smallest absolute Gasteiger partial charge is 0.422 e. The van der Waals surface area contributed by atoms with E-state index in [1.807, 2.05) is 0 Å². The Balaban J connectivity index is 2.14. The summed E-state index contributed by atoms with van der Waals surface area (Å²) >= 11 is 6.17. The number of carbonyl (C=O) groups excluding carboxylic acids is 1. The van der Waals surface area contributed by atoms with Gasteiger partial charge in [0.2, 0.25) is 0 Å². The number of rotatable bonds is 4. The van der Waals surface area contributed by atoms with Gasteiger partial charge < -0.3 is 19.5 Å². The van der Waals surface area contributed by atoms with Crippen LogP contribution < -0.4 is 14.4 Å². The Bertz CT molecular complexity index is 950. The van der Waals surface area contributed by atoms with E-state index in [4.69, 9.17) is 21.1 Å². The summed E-state index contributed by atoms with van der Waals surface area (Å²) in [5.41, 5.74) is -3.44. The van der Waals surface area contributed by atoms with Crippen molar-refractivity contribution in [2.24, 2.45) is 0 Å². The number of likely N-dealkylation sites (N-methyl/N-ethyl adjacent to an activating group) is 1. The van der Waals surface area contributed by atoms with Crippen LogP contribution >= 0.6 is 11.6 Å². The molecule has 0 aromatic heterocycles. The van der Waals surface area contributed by atoms with E-state index < -0.39 is 29.2 Å². The lowest BCUT2D eigenvalue weighted by atomic mass is 9.77. The number of carbonyl (C=O) groups is 1. The summed E-state index contributed by atoms with van der Waals surface area (Å²) in [7, 11) is 2.84. The molecule has 1 N–H and O–H groups in total. The molecule has 1 heterocycles. The zero-order valence-corrected chi connectivity index (χ0v) is 16.6. The van der Waals surface area contributed by atoms with Crippen LogP contribution in [0.15, 0.2) is 36.4 Å². The number of halogens is 4. The molecule has 2 aromatic rings. The summed E-state index contributed by atoms with van der Waals surface area (Å²) in [4.78, 5) is 13.1. The molecule has 0 bridgehead atoms. The number of aliphatic hydroxyl groups is 1. The molecule has 0 saturated carbocycles. The Morgan fingerprint density at radius 2 is 1.93 bits per heavy atom. The fraction of sp³-hybridized carbons (Fsp3) is 0.350. The lowest BCUT2D eigenvalue weighted by Gasteiger charge is -2.38. The molecule has 1 aliphatic heterocycles. The first-order valence-electron chi connectivity index (χ1n) is 8.67. The third-order valence-corrected chi connectivity index (χ3v) is 5.55. The van der Waals surface area contributed by atoms with Gasteiger partial charge in [0, 0.05) is 18.0 Å². The number of hydrogen-bond donors (Lipinski definition) is 1. The van der Waals surface area contributed by atoms with Gasteiger partial charge in [0.25, 0.3) is 5.91 Å². The summed E-state index contributed by atoms with van der Waals surface area (Å²) in [6.45, 7) is 1.04. The molecule has 0 spiro atoms.